The molecule has 0 radical (unpaired) electrons. The lowest BCUT2D eigenvalue weighted by Crippen LogP contribution is -2.29. The fraction of sp³-hybridized carbons (Fsp3) is 0.231. The van der Waals surface area contributed by atoms with E-state index < -0.39 is 18.0 Å². The maximum absolute atomic E-state index is 11.4. The molecule has 0 saturated heterocycles. The van der Waals surface area contributed by atoms with Crippen LogP contribution in [-0.2, 0) is 14.3 Å². The molecule has 1 amide bonds. The molecule has 0 spiro atoms. The molecule has 0 aliphatic heterocycles. The van der Waals surface area contributed by atoms with Gasteiger partial charge in [-0.1, -0.05) is 28.1 Å². The molecule has 0 aliphatic rings. The molecule has 0 saturated carbocycles. The molecule has 96 valence electrons. The van der Waals surface area contributed by atoms with Crippen molar-refractivity contribution in [3.63, 3.8) is 0 Å². The zero-order valence-electron chi connectivity index (χ0n) is 10.1. The van der Waals surface area contributed by atoms with Crippen molar-refractivity contribution < 1.29 is 14.3 Å². The Morgan fingerprint density at radius 2 is 2.11 bits per heavy atom. The highest BCUT2D eigenvalue weighted by Crippen LogP contribution is 2.19. The van der Waals surface area contributed by atoms with Crippen LogP contribution in [0.4, 0.5) is 0 Å². The molecule has 0 unspecified atom stereocenters. The maximum Gasteiger partial charge on any atom is 0.331 e. The van der Waals surface area contributed by atoms with Crippen LogP contribution in [0.1, 0.15) is 18.1 Å². The molecule has 4 nitrogen and oxygen atoms in total. The smallest absolute Gasteiger partial charge is 0.331 e. The van der Waals surface area contributed by atoms with E-state index >= 15 is 0 Å². The zero-order chi connectivity index (χ0) is 13.7. The number of carbonyl (C=O) groups excluding carboxylic acids is 2. The fourth-order valence-corrected chi connectivity index (χ4v) is 1.82. The van der Waals surface area contributed by atoms with Crippen molar-refractivity contribution in [3.8, 4) is 0 Å². The number of halogens is 1. The van der Waals surface area contributed by atoms with Crippen molar-refractivity contribution in [1.29, 1.82) is 0 Å². The Balaban J connectivity index is 2.69. The summed E-state index contributed by atoms with van der Waals surface area (Å²) in [5, 5.41) is 0. The van der Waals surface area contributed by atoms with E-state index in [1.54, 1.807) is 6.08 Å². The molecule has 0 bridgehead atoms. The highest BCUT2D eigenvalue weighted by molar-refractivity contribution is 9.10. The standard InChI is InChI=1S/C13H14BrNO3/c1-8-3-4-10(11(14)7-8)5-6-12(16)18-9(2)13(15)17/h3-7,9H,1-2H3,(H2,15,17)/b6-5+/t9-/m1/s1. The molecule has 18 heavy (non-hydrogen) atoms. The number of amides is 1. The van der Waals surface area contributed by atoms with Crippen LogP contribution in [0.15, 0.2) is 28.7 Å². The van der Waals surface area contributed by atoms with Crippen molar-refractivity contribution in [3.05, 3.63) is 39.9 Å². The normalized spacial score (nSPS) is 12.4. The number of primary amides is 1. The fourth-order valence-electron chi connectivity index (χ4n) is 1.20. The lowest BCUT2D eigenvalue weighted by atomic mass is 10.1. The van der Waals surface area contributed by atoms with Crippen molar-refractivity contribution in [2.24, 2.45) is 5.73 Å². The quantitative estimate of drug-likeness (QED) is 0.684. The van der Waals surface area contributed by atoms with Crippen LogP contribution in [0.5, 0.6) is 0 Å². The summed E-state index contributed by atoms with van der Waals surface area (Å²) in [6.07, 6.45) is 1.94. The van der Waals surface area contributed by atoms with Crippen LogP contribution in [0.25, 0.3) is 6.08 Å². The third kappa shape index (κ3) is 4.33. The van der Waals surface area contributed by atoms with E-state index in [0.717, 1.165) is 15.6 Å². The van der Waals surface area contributed by atoms with Crippen molar-refractivity contribution >= 4 is 33.9 Å². The largest absolute Gasteiger partial charge is 0.449 e. The van der Waals surface area contributed by atoms with E-state index in [9.17, 15) is 9.59 Å². The first-order valence-electron chi connectivity index (χ1n) is 5.34. The number of nitrogens with two attached hydrogens (primary N) is 1. The molecule has 0 aromatic heterocycles. The number of esters is 1. The first kappa shape index (κ1) is 14.4. The van der Waals surface area contributed by atoms with Crippen molar-refractivity contribution in [2.45, 2.75) is 20.0 Å². The summed E-state index contributed by atoms with van der Waals surface area (Å²) in [6.45, 7) is 3.40. The van der Waals surface area contributed by atoms with Gasteiger partial charge in [0, 0.05) is 10.5 Å². The third-order valence-electron chi connectivity index (χ3n) is 2.25. The van der Waals surface area contributed by atoms with Gasteiger partial charge in [0.25, 0.3) is 5.91 Å². The van der Waals surface area contributed by atoms with E-state index in [4.69, 9.17) is 10.5 Å². The van der Waals surface area contributed by atoms with Crippen molar-refractivity contribution in [1.82, 2.24) is 0 Å². The Morgan fingerprint density at radius 3 is 2.67 bits per heavy atom. The van der Waals surface area contributed by atoms with Crippen LogP contribution in [0, 0.1) is 6.92 Å². The highest BCUT2D eigenvalue weighted by atomic mass is 79.9. The lowest BCUT2D eigenvalue weighted by Gasteiger charge is -2.06. The number of aryl methyl sites for hydroxylation is 1. The molecule has 0 aliphatic carbocycles. The zero-order valence-corrected chi connectivity index (χ0v) is 11.7. The van der Waals surface area contributed by atoms with Crippen LogP contribution < -0.4 is 5.73 Å². The number of hydrogen-bond donors (Lipinski definition) is 1. The van der Waals surface area contributed by atoms with Gasteiger partial charge in [-0.25, -0.2) is 4.79 Å². The van der Waals surface area contributed by atoms with E-state index in [1.165, 1.54) is 13.0 Å². The second kappa shape index (κ2) is 6.35. The molecule has 1 aromatic carbocycles. The predicted molar refractivity (Wildman–Crippen MR) is 72.7 cm³/mol. The van der Waals surface area contributed by atoms with Crippen LogP contribution >= 0.6 is 15.9 Å². The number of carbonyl (C=O) groups is 2. The SMILES string of the molecule is Cc1ccc(/C=C/C(=O)O[C@H](C)C(N)=O)c(Br)c1. The Morgan fingerprint density at radius 1 is 1.44 bits per heavy atom. The topological polar surface area (TPSA) is 69.4 Å². The summed E-state index contributed by atoms with van der Waals surface area (Å²) < 4.78 is 5.67. The molecule has 1 aromatic rings. The predicted octanol–water partition coefficient (Wildman–Crippen LogP) is 2.19. The summed E-state index contributed by atoms with van der Waals surface area (Å²) in [5.74, 6) is -1.28. The molecule has 0 heterocycles. The van der Waals surface area contributed by atoms with E-state index in [-0.39, 0.29) is 0 Å². The third-order valence-corrected chi connectivity index (χ3v) is 2.94. The number of rotatable bonds is 4. The first-order chi connectivity index (χ1) is 8.40. The second-order valence-corrected chi connectivity index (χ2v) is 4.69. The van der Waals surface area contributed by atoms with Gasteiger partial charge in [-0.15, -0.1) is 0 Å². The first-order valence-corrected chi connectivity index (χ1v) is 6.13. The van der Waals surface area contributed by atoms with Gasteiger partial charge in [0.15, 0.2) is 6.10 Å². The van der Waals surface area contributed by atoms with E-state index in [1.807, 2.05) is 25.1 Å². The summed E-state index contributed by atoms with van der Waals surface area (Å²) in [4.78, 5) is 22.1. The van der Waals surface area contributed by atoms with Crippen LogP contribution in [0.2, 0.25) is 0 Å². The molecular formula is C13H14BrNO3. The molecule has 1 atom stereocenters. The van der Waals surface area contributed by atoms with Gasteiger partial charge < -0.3 is 10.5 Å². The van der Waals surface area contributed by atoms with E-state index in [2.05, 4.69) is 15.9 Å². The Kier molecular flexibility index (Phi) is 5.09. The number of benzene rings is 1. The number of ether oxygens (including phenoxy) is 1. The van der Waals surface area contributed by atoms with Gasteiger partial charge in [0.05, 0.1) is 0 Å². The monoisotopic (exact) mass is 311 g/mol. The minimum atomic E-state index is -0.927. The van der Waals surface area contributed by atoms with Crippen molar-refractivity contribution in [2.75, 3.05) is 0 Å². The van der Waals surface area contributed by atoms with Gasteiger partial charge >= 0.3 is 5.97 Å². The average Bonchev–Trinajstić information content (AvgIpc) is 2.27. The summed E-state index contributed by atoms with van der Waals surface area (Å²) >= 11 is 3.39. The average molecular weight is 312 g/mol. The van der Waals surface area contributed by atoms with E-state index in [0.29, 0.717) is 0 Å². The molecular weight excluding hydrogens is 298 g/mol. The second-order valence-electron chi connectivity index (χ2n) is 3.84. The minimum absolute atomic E-state index is 0.603. The van der Waals surface area contributed by atoms with Crippen LogP contribution in [0.3, 0.4) is 0 Å². The van der Waals surface area contributed by atoms with Crippen LogP contribution in [-0.4, -0.2) is 18.0 Å². The molecule has 0 fully saturated rings. The van der Waals surface area contributed by atoms with Gasteiger partial charge in [-0.3, -0.25) is 4.79 Å². The van der Waals surface area contributed by atoms with Gasteiger partial charge in [-0.2, -0.15) is 0 Å². The Hall–Kier alpha value is -1.62. The lowest BCUT2D eigenvalue weighted by molar-refractivity contribution is -0.148. The highest BCUT2D eigenvalue weighted by Gasteiger charge is 2.12. The molecule has 2 N–H and O–H groups in total. The Bertz CT molecular complexity index is 497. The maximum atomic E-state index is 11.4. The summed E-state index contributed by atoms with van der Waals surface area (Å²) in [5.41, 5.74) is 6.95. The van der Waals surface area contributed by atoms with Gasteiger partial charge in [0.1, 0.15) is 0 Å². The summed E-state index contributed by atoms with van der Waals surface area (Å²) in [7, 11) is 0. The van der Waals surface area contributed by atoms with Gasteiger partial charge in [-0.05, 0) is 37.1 Å². The summed E-state index contributed by atoms with van der Waals surface area (Å²) in [6, 6.07) is 5.75. The molecule has 5 heteroatoms. The Labute approximate surface area is 114 Å². The number of hydrogen-bond acceptors (Lipinski definition) is 3. The molecule has 1 rings (SSSR count). The minimum Gasteiger partial charge on any atom is -0.449 e. The van der Waals surface area contributed by atoms with Gasteiger partial charge in [0.2, 0.25) is 0 Å².